The van der Waals surface area contributed by atoms with Crippen LogP contribution >= 0.6 is 0 Å². The molecule has 0 amide bonds. The van der Waals surface area contributed by atoms with Crippen molar-refractivity contribution < 1.29 is 0 Å². The maximum absolute atomic E-state index is 4.96. The monoisotopic (exact) mass is 517 g/mol. The smallest absolute Gasteiger partial charge is 0.181 e. The lowest BCUT2D eigenvalue weighted by atomic mass is 10.0. The molecule has 4 aromatic rings. The van der Waals surface area contributed by atoms with Crippen LogP contribution in [0.2, 0.25) is 0 Å². The Morgan fingerprint density at radius 1 is 1.13 bits per heavy atom. The standard InChI is InChI=1S/C32H35N7/c1-5-13-26(28-14-9-10-15-33-28)29-22(4)35-32(36-29)30-27-19-25(20-34-31(27)38-37-30)24(7-3)18-23(6-2)21-39-16-11-8-12-17-39/h5-7,9-10,13-15,18-20H,1-2,8,11-12,16-17,21H2,3-4H3,(H,35,36)(H,34,37,38)/b23-18+,24-7+,26-13-. The Balaban J connectivity index is 1.49. The number of nitrogens with zero attached hydrogens (tertiary/aromatic N) is 5. The second-order valence-corrected chi connectivity index (χ2v) is 9.79. The minimum absolute atomic E-state index is 0.646. The summed E-state index contributed by atoms with van der Waals surface area (Å²) < 4.78 is 0. The quantitative estimate of drug-likeness (QED) is 0.242. The maximum atomic E-state index is 4.96. The van der Waals surface area contributed by atoms with Crippen molar-refractivity contribution in [2.24, 2.45) is 0 Å². The Labute approximate surface area is 229 Å². The number of aromatic amines is 2. The Hall–Kier alpha value is -4.36. The third kappa shape index (κ3) is 5.73. The van der Waals surface area contributed by atoms with Gasteiger partial charge in [0.05, 0.1) is 16.8 Å². The molecule has 39 heavy (non-hydrogen) atoms. The van der Waals surface area contributed by atoms with Crippen molar-refractivity contribution in [1.82, 2.24) is 35.0 Å². The van der Waals surface area contributed by atoms with E-state index in [2.05, 4.69) is 68.3 Å². The molecule has 0 saturated carbocycles. The minimum Gasteiger partial charge on any atom is -0.340 e. The van der Waals surface area contributed by atoms with Crippen molar-refractivity contribution in [1.29, 1.82) is 0 Å². The van der Waals surface area contributed by atoms with Crippen LogP contribution in [-0.2, 0) is 0 Å². The number of hydrogen-bond donors (Lipinski definition) is 2. The van der Waals surface area contributed by atoms with Gasteiger partial charge in [-0.1, -0.05) is 56.0 Å². The first-order chi connectivity index (χ1) is 19.1. The number of aryl methyl sites for hydroxylation is 1. The number of imidazole rings is 1. The molecule has 4 aromatic heterocycles. The van der Waals surface area contributed by atoms with Crippen LogP contribution in [0.25, 0.3) is 33.7 Å². The lowest BCUT2D eigenvalue weighted by Crippen LogP contribution is -2.31. The fraction of sp³-hybridized carbons (Fsp3) is 0.250. The van der Waals surface area contributed by atoms with Crippen molar-refractivity contribution >= 4 is 22.2 Å². The van der Waals surface area contributed by atoms with Gasteiger partial charge in [0.15, 0.2) is 11.5 Å². The molecule has 198 valence electrons. The average Bonchev–Trinajstić information content (AvgIpc) is 3.57. The number of allylic oxidation sites excluding steroid dienone is 5. The molecule has 2 N–H and O–H groups in total. The summed E-state index contributed by atoms with van der Waals surface area (Å²) in [5.41, 5.74) is 8.27. The predicted octanol–water partition coefficient (Wildman–Crippen LogP) is 6.67. The van der Waals surface area contributed by atoms with Gasteiger partial charge < -0.3 is 4.98 Å². The van der Waals surface area contributed by atoms with E-state index in [0.717, 1.165) is 64.5 Å². The summed E-state index contributed by atoms with van der Waals surface area (Å²) in [6.45, 7) is 15.3. The van der Waals surface area contributed by atoms with Crippen LogP contribution in [0, 0.1) is 6.92 Å². The van der Waals surface area contributed by atoms with E-state index >= 15 is 0 Å². The summed E-state index contributed by atoms with van der Waals surface area (Å²) >= 11 is 0. The highest BCUT2D eigenvalue weighted by Crippen LogP contribution is 2.30. The highest BCUT2D eigenvalue weighted by Gasteiger charge is 2.19. The topological polar surface area (TPSA) is 86.4 Å². The van der Waals surface area contributed by atoms with E-state index in [-0.39, 0.29) is 0 Å². The molecule has 0 spiro atoms. The van der Waals surface area contributed by atoms with Crippen LogP contribution in [0.1, 0.15) is 48.8 Å². The summed E-state index contributed by atoms with van der Waals surface area (Å²) in [5, 5.41) is 8.52. The van der Waals surface area contributed by atoms with Crippen LogP contribution in [0.4, 0.5) is 0 Å². The molecule has 1 aliphatic rings. The van der Waals surface area contributed by atoms with Crippen molar-refractivity contribution in [2.75, 3.05) is 19.6 Å². The zero-order valence-electron chi connectivity index (χ0n) is 22.7. The number of piperidine rings is 1. The van der Waals surface area contributed by atoms with Gasteiger partial charge in [-0.05, 0) is 69.1 Å². The number of hydrogen-bond acceptors (Lipinski definition) is 5. The van der Waals surface area contributed by atoms with Crippen LogP contribution < -0.4 is 0 Å². The van der Waals surface area contributed by atoms with Gasteiger partial charge in [0.1, 0.15) is 5.69 Å². The second-order valence-electron chi connectivity index (χ2n) is 9.79. The van der Waals surface area contributed by atoms with Gasteiger partial charge in [0.25, 0.3) is 0 Å². The molecule has 0 atom stereocenters. The number of nitrogens with one attached hydrogen (secondary N) is 2. The summed E-state index contributed by atoms with van der Waals surface area (Å²) in [6, 6.07) is 7.97. The van der Waals surface area contributed by atoms with E-state index in [4.69, 9.17) is 4.98 Å². The van der Waals surface area contributed by atoms with Gasteiger partial charge in [-0.3, -0.25) is 15.0 Å². The van der Waals surface area contributed by atoms with E-state index in [1.54, 1.807) is 12.3 Å². The molecule has 1 aliphatic heterocycles. The molecule has 1 fully saturated rings. The normalized spacial score (nSPS) is 15.6. The number of fused-ring (bicyclic) bond motifs is 1. The first kappa shape index (κ1) is 26.3. The summed E-state index contributed by atoms with van der Waals surface area (Å²) in [7, 11) is 0. The first-order valence-corrected chi connectivity index (χ1v) is 13.5. The van der Waals surface area contributed by atoms with E-state index in [9.17, 15) is 0 Å². The minimum atomic E-state index is 0.646. The van der Waals surface area contributed by atoms with Gasteiger partial charge in [-0.15, -0.1) is 0 Å². The molecular weight excluding hydrogens is 482 g/mol. The second kappa shape index (κ2) is 12.0. The average molecular weight is 518 g/mol. The molecule has 0 bridgehead atoms. The van der Waals surface area contributed by atoms with Gasteiger partial charge >= 0.3 is 0 Å². The Kier molecular flexibility index (Phi) is 8.08. The molecule has 0 aromatic carbocycles. The van der Waals surface area contributed by atoms with Crippen LogP contribution in [0.3, 0.4) is 0 Å². The lowest BCUT2D eigenvalue weighted by molar-refractivity contribution is 0.248. The predicted molar refractivity (Wildman–Crippen MR) is 160 cm³/mol. The summed E-state index contributed by atoms with van der Waals surface area (Å²) in [5.74, 6) is 0.698. The molecule has 7 nitrogen and oxygen atoms in total. The Morgan fingerprint density at radius 2 is 1.97 bits per heavy atom. The van der Waals surface area contributed by atoms with Gasteiger partial charge in [0, 0.05) is 35.8 Å². The maximum Gasteiger partial charge on any atom is 0.181 e. The highest BCUT2D eigenvalue weighted by atomic mass is 15.2. The number of pyridine rings is 2. The van der Waals surface area contributed by atoms with Crippen LogP contribution in [0.15, 0.2) is 85.8 Å². The Morgan fingerprint density at radius 3 is 2.69 bits per heavy atom. The van der Waals surface area contributed by atoms with Gasteiger partial charge in [-0.25, -0.2) is 9.97 Å². The Bertz CT molecular complexity index is 1560. The molecule has 0 aliphatic carbocycles. The lowest BCUT2D eigenvalue weighted by Gasteiger charge is -2.26. The SMILES string of the molecule is C=C/C=C(/c1ccccn1)c1nc(-c2[nH]nc3ncc(C(/C=C(\C=C)CN4CCCCC4)=C/C)cc23)[nH]c1C. The summed E-state index contributed by atoms with van der Waals surface area (Å²) in [4.78, 5) is 20.1. The number of H-pyrrole nitrogens is 2. The van der Waals surface area contributed by atoms with Crippen molar-refractivity contribution in [2.45, 2.75) is 33.1 Å². The van der Waals surface area contributed by atoms with E-state index in [1.165, 1.54) is 24.8 Å². The van der Waals surface area contributed by atoms with Crippen molar-refractivity contribution in [3.63, 3.8) is 0 Å². The molecule has 0 unspecified atom stereocenters. The van der Waals surface area contributed by atoms with Crippen molar-refractivity contribution in [3.05, 3.63) is 108 Å². The number of likely N-dealkylation sites (tertiary alicyclic amines) is 1. The number of aromatic nitrogens is 6. The van der Waals surface area contributed by atoms with E-state index in [1.807, 2.05) is 43.5 Å². The molecule has 5 heterocycles. The highest BCUT2D eigenvalue weighted by molar-refractivity contribution is 5.92. The third-order valence-electron chi connectivity index (χ3n) is 7.11. The summed E-state index contributed by atoms with van der Waals surface area (Å²) in [6.07, 6.45) is 17.5. The molecule has 0 radical (unpaired) electrons. The fourth-order valence-corrected chi connectivity index (χ4v) is 5.08. The number of rotatable bonds is 9. The van der Waals surface area contributed by atoms with Crippen molar-refractivity contribution in [3.8, 4) is 11.5 Å². The third-order valence-corrected chi connectivity index (χ3v) is 7.11. The molecule has 1 saturated heterocycles. The van der Waals surface area contributed by atoms with E-state index < -0.39 is 0 Å². The van der Waals surface area contributed by atoms with Gasteiger partial charge in [0.2, 0.25) is 0 Å². The van der Waals surface area contributed by atoms with Gasteiger partial charge in [-0.2, -0.15) is 5.10 Å². The zero-order chi connectivity index (χ0) is 27.2. The van der Waals surface area contributed by atoms with Crippen LogP contribution in [-0.4, -0.2) is 54.7 Å². The van der Waals surface area contributed by atoms with E-state index in [0.29, 0.717) is 11.5 Å². The van der Waals surface area contributed by atoms with Crippen LogP contribution in [0.5, 0.6) is 0 Å². The molecule has 7 heteroatoms. The molecular formula is C32H35N7. The molecule has 5 rings (SSSR count). The first-order valence-electron chi connectivity index (χ1n) is 13.5. The largest absolute Gasteiger partial charge is 0.340 e. The fourth-order valence-electron chi connectivity index (χ4n) is 5.08. The zero-order valence-corrected chi connectivity index (χ0v) is 22.7.